The van der Waals surface area contributed by atoms with Gasteiger partial charge in [-0.25, -0.2) is 9.97 Å². The van der Waals surface area contributed by atoms with Gasteiger partial charge in [0.25, 0.3) is 0 Å². The molecular formula is C36H26N4O4S4. The van der Waals surface area contributed by atoms with Gasteiger partial charge in [-0.05, 0) is 97.1 Å². The maximum absolute atomic E-state index is 12.5. The molecule has 0 saturated heterocycles. The summed E-state index contributed by atoms with van der Waals surface area (Å²) in [5.74, 6) is 2.93. The normalized spacial score (nSPS) is 11.0. The third kappa shape index (κ3) is 8.33. The summed E-state index contributed by atoms with van der Waals surface area (Å²) < 4.78 is 15.9. The Bertz CT molecular complexity index is 1960. The van der Waals surface area contributed by atoms with Crippen molar-refractivity contribution in [2.24, 2.45) is 0 Å². The van der Waals surface area contributed by atoms with E-state index in [-0.39, 0.29) is 23.3 Å². The van der Waals surface area contributed by atoms with Crippen LogP contribution in [0.4, 0.5) is 11.4 Å². The maximum Gasteiger partial charge on any atom is 0.234 e. The molecule has 2 heterocycles. The van der Waals surface area contributed by atoms with Crippen molar-refractivity contribution in [3.05, 3.63) is 121 Å². The van der Waals surface area contributed by atoms with Crippen LogP contribution in [0.15, 0.2) is 130 Å². The van der Waals surface area contributed by atoms with Crippen molar-refractivity contribution in [3.8, 4) is 23.0 Å². The first-order valence-corrected chi connectivity index (χ1v) is 18.4. The first kappa shape index (κ1) is 31.7. The lowest BCUT2D eigenvalue weighted by Gasteiger charge is -2.10. The zero-order valence-corrected chi connectivity index (χ0v) is 28.4. The second-order valence-corrected chi connectivity index (χ2v) is 14.8. The molecule has 0 fully saturated rings. The molecule has 5 aromatic carbocycles. The van der Waals surface area contributed by atoms with Crippen molar-refractivity contribution in [1.29, 1.82) is 0 Å². The Kier molecular flexibility index (Phi) is 9.85. The molecule has 48 heavy (non-hydrogen) atoms. The SMILES string of the molecule is O=C(CSc1nc2ccccc2s1)Nc1ccc(Oc2ccc(Oc3ccc(NC(=O)CSc4nc5ccccc5s4)cc3)cc2)cc1. The lowest BCUT2D eigenvalue weighted by atomic mass is 10.3. The topological polar surface area (TPSA) is 102 Å². The Morgan fingerprint density at radius 1 is 0.521 bits per heavy atom. The highest BCUT2D eigenvalue weighted by atomic mass is 32.2. The average molecular weight is 707 g/mol. The summed E-state index contributed by atoms with van der Waals surface area (Å²) in [4.78, 5) is 34.1. The Labute approximate surface area is 292 Å². The van der Waals surface area contributed by atoms with Crippen LogP contribution >= 0.6 is 46.2 Å². The molecule has 8 nitrogen and oxygen atoms in total. The molecule has 12 heteroatoms. The highest BCUT2D eigenvalue weighted by Crippen LogP contribution is 2.32. The molecule has 2 aromatic heterocycles. The fourth-order valence-electron chi connectivity index (χ4n) is 4.53. The number of rotatable bonds is 12. The third-order valence-corrected chi connectivity index (χ3v) is 11.1. The molecule has 2 amide bonds. The van der Waals surface area contributed by atoms with E-state index in [0.717, 1.165) is 29.1 Å². The molecule has 0 atom stereocenters. The van der Waals surface area contributed by atoms with Crippen LogP contribution in [0, 0.1) is 0 Å². The molecule has 0 unspecified atom stereocenters. The highest BCUT2D eigenvalue weighted by Gasteiger charge is 2.10. The molecular weight excluding hydrogens is 681 g/mol. The summed E-state index contributed by atoms with van der Waals surface area (Å²) in [6, 6.07) is 37.6. The largest absolute Gasteiger partial charge is 0.457 e. The summed E-state index contributed by atoms with van der Waals surface area (Å²) in [5, 5.41) is 5.84. The lowest BCUT2D eigenvalue weighted by molar-refractivity contribution is -0.114. The van der Waals surface area contributed by atoms with Gasteiger partial charge in [-0.2, -0.15) is 0 Å². The van der Waals surface area contributed by atoms with Crippen molar-refractivity contribution < 1.29 is 19.1 Å². The van der Waals surface area contributed by atoms with Crippen LogP contribution in [0.1, 0.15) is 0 Å². The zero-order valence-electron chi connectivity index (χ0n) is 25.1. The van der Waals surface area contributed by atoms with Crippen LogP contribution in [0.25, 0.3) is 20.4 Å². The highest BCUT2D eigenvalue weighted by molar-refractivity contribution is 8.02. The molecule has 7 rings (SSSR count). The number of amides is 2. The van der Waals surface area contributed by atoms with Gasteiger partial charge in [-0.15, -0.1) is 22.7 Å². The van der Waals surface area contributed by atoms with Crippen molar-refractivity contribution in [2.45, 2.75) is 8.68 Å². The van der Waals surface area contributed by atoms with E-state index in [9.17, 15) is 9.59 Å². The molecule has 0 bridgehead atoms. The number of nitrogens with zero attached hydrogens (tertiary/aromatic N) is 2. The summed E-state index contributed by atoms with van der Waals surface area (Å²) in [6.45, 7) is 0. The van der Waals surface area contributed by atoms with Gasteiger partial charge in [-0.3, -0.25) is 9.59 Å². The predicted molar refractivity (Wildman–Crippen MR) is 197 cm³/mol. The zero-order chi connectivity index (χ0) is 32.7. The Balaban J connectivity index is 0.844. The number of benzene rings is 5. The van der Waals surface area contributed by atoms with E-state index in [1.54, 1.807) is 71.2 Å². The molecule has 0 saturated carbocycles. The van der Waals surface area contributed by atoms with Crippen LogP contribution in [-0.2, 0) is 9.59 Å². The van der Waals surface area contributed by atoms with Gasteiger partial charge >= 0.3 is 0 Å². The van der Waals surface area contributed by atoms with Crippen molar-refractivity contribution in [1.82, 2.24) is 9.97 Å². The average Bonchev–Trinajstić information content (AvgIpc) is 3.73. The second-order valence-electron chi connectivity index (χ2n) is 10.3. The third-order valence-electron chi connectivity index (χ3n) is 6.77. The van der Waals surface area contributed by atoms with Crippen molar-refractivity contribution in [2.75, 3.05) is 22.1 Å². The van der Waals surface area contributed by atoms with E-state index in [4.69, 9.17) is 9.47 Å². The molecule has 2 N–H and O–H groups in total. The Morgan fingerprint density at radius 3 is 1.25 bits per heavy atom. The fourth-order valence-corrected chi connectivity index (χ4v) is 8.27. The van der Waals surface area contributed by atoms with Gasteiger partial charge in [-0.1, -0.05) is 47.8 Å². The van der Waals surface area contributed by atoms with Crippen molar-refractivity contribution in [3.63, 3.8) is 0 Å². The molecule has 7 aromatic rings. The Hall–Kier alpha value is -4.88. The number of carbonyl (C=O) groups excluding carboxylic acids is 2. The summed E-state index contributed by atoms with van der Waals surface area (Å²) >= 11 is 6.02. The van der Waals surface area contributed by atoms with Gasteiger partial charge in [0.1, 0.15) is 23.0 Å². The van der Waals surface area contributed by atoms with Gasteiger partial charge in [0.05, 0.1) is 31.9 Å². The fraction of sp³-hybridized carbons (Fsp3) is 0.0556. The van der Waals surface area contributed by atoms with E-state index < -0.39 is 0 Å². The summed E-state index contributed by atoms with van der Waals surface area (Å²) in [6.07, 6.45) is 0. The number of hydrogen-bond acceptors (Lipinski definition) is 10. The van der Waals surface area contributed by atoms with E-state index >= 15 is 0 Å². The van der Waals surface area contributed by atoms with E-state index in [1.165, 1.54) is 23.5 Å². The van der Waals surface area contributed by atoms with Gasteiger partial charge < -0.3 is 20.1 Å². The van der Waals surface area contributed by atoms with E-state index in [1.807, 2.05) is 72.8 Å². The van der Waals surface area contributed by atoms with Crippen LogP contribution in [0.5, 0.6) is 23.0 Å². The number of nitrogens with one attached hydrogen (secondary N) is 2. The molecule has 0 radical (unpaired) electrons. The Morgan fingerprint density at radius 2 is 0.875 bits per heavy atom. The first-order chi connectivity index (χ1) is 23.5. The standard InChI is InChI=1S/C36H26N4O4S4/c41-33(21-45-35-39-29-5-1-3-7-31(29)47-35)37-23-9-13-25(14-10-23)43-27-17-19-28(20-18-27)44-26-15-11-24(12-16-26)38-34(42)22-46-36-40-30-6-2-4-8-32(30)48-36/h1-20H,21-22H2,(H,37,41)(H,38,42). The van der Waals surface area contributed by atoms with Gasteiger partial charge in [0.15, 0.2) is 8.68 Å². The number of thioether (sulfide) groups is 2. The minimum atomic E-state index is -0.0986. The summed E-state index contributed by atoms with van der Waals surface area (Å²) in [7, 11) is 0. The predicted octanol–water partition coefficient (Wildman–Crippen LogP) is 9.95. The monoisotopic (exact) mass is 706 g/mol. The quantitative estimate of drug-likeness (QED) is 0.121. The molecule has 0 spiro atoms. The first-order valence-electron chi connectivity index (χ1n) is 14.7. The number of hydrogen-bond donors (Lipinski definition) is 2. The lowest BCUT2D eigenvalue weighted by Crippen LogP contribution is -2.13. The van der Waals surface area contributed by atoms with Crippen LogP contribution in [0.3, 0.4) is 0 Å². The minimum absolute atomic E-state index is 0.0986. The van der Waals surface area contributed by atoms with Crippen LogP contribution in [0.2, 0.25) is 0 Å². The minimum Gasteiger partial charge on any atom is -0.457 e. The van der Waals surface area contributed by atoms with Crippen molar-refractivity contribution >= 4 is 89.8 Å². The second kappa shape index (κ2) is 14.9. The van der Waals surface area contributed by atoms with E-state index in [2.05, 4.69) is 20.6 Å². The number of thiazole rings is 2. The van der Waals surface area contributed by atoms with E-state index in [0.29, 0.717) is 34.4 Å². The molecule has 238 valence electrons. The number of aromatic nitrogens is 2. The molecule has 0 aliphatic rings. The van der Waals surface area contributed by atoms with Crippen LogP contribution in [-0.4, -0.2) is 33.3 Å². The molecule has 0 aliphatic carbocycles. The van der Waals surface area contributed by atoms with Gasteiger partial charge in [0, 0.05) is 11.4 Å². The number of anilines is 2. The number of carbonyl (C=O) groups is 2. The van der Waals surface area contributed by atoms with Gasteiger partial charge in [0.2, 0.25) is 11.8 Å². The number of fused-ring (bicyclic) bond motifs is 2. The molecule has 0 aliphatic heterocycles. The maximum atomic E-state index is 12.5. The number of para-hydroxylation sites is 2. The number of ether oxygens (including phenoxy) is 2. The van der Waals surface area contributed by atoms with Crippen LogP contribution < -0.4 is 20.1 Å². The smallest absolute Gasteiger partial charge is 0.234 e. The summed E-state index contributed by atoms with van der Waals surface area (Å²) in [5.41, 5.74) is 3.28.